The Morgan fingerprint density at radius 3 is 2.56 bits per heavy atom. The summed E-state index contributed by atoms with van der Waals surface area (Å²) in [4.78, 5) is 33.3. The topological polar surface area (TPSA) is 131 Å². The molecule has 45 heavy (non-hydrogen) atoms. The van der Waals surface area contributed by atoms with Gasteiger partial charge in [0.15, 0.2) is 0 Å². The number of halogens is 1. The molecule has 11 nitrogen and oxygen atoms in total. The van der Waals surface area contributed by atoms with Crippen LogP contribution in [0.1, 0.15) is 83.8 Å². The van der Waals surface area contributed by atoms with E-state index >= 15 is 0 Å². The molecule has 1 aliphatic heterocycles. The van der Waals surface area contributed by atoms with E-state index in [-0.39, 0.29) is 37.3 Å². The minimum atomic E-state index is -1.01. The fourth-order valence-corrected chi connectivity index (χ4v) is 6.42. The number of hydrogen-bond donors (Lipinski definition) is 2. The number of nitrogens with zero attached hydrogens (tertiary/aromatic N) is 5. The van der Waals surface area contributed by atoms with Gasteiger partial charge in [-0.3, -0.25) is 0 Å². The first-order valence-corrected chi connectivity index (χ1v) is 16.5. The number of carbonyl (C=O) groups excluding carboxylic acids is 1. The minimum absolute atomic E-state index is 0.0410. The van der Waals surface area contributed by atoms with Crippen LogP contribution in [0.3, 0.4) is 0 Å². The summed E-state index contributed by atoms with van der Waals surface area (Å²) >= 11 is 6.36. The summed E-state index contributed by atoms with van der Waals surface area (Å²) in [5, 5.41) is 23.2. The number of nitrogens with one attached hydrogen (secondary N) is 1. The second kappa shape index (κ2) is 17.5. The Kier molecular flexibility index (Phi) is 14.1. The Morgan fingerprint density at radius 1 is 1.18 bits per heavy atom. The van der Waals surface area contributed by atoms with Crippen LogP contribution in [0.25, 0.3) is 0 Å². The predicted octanol–water partition coefficient (Wildman–Crippen LogP) is 6.35. The number of amides is 2. The molecule has 1 aromatic carbocycles. The third-order valence-electron chi connectivity index (χ3n) is 8.44. The van der Waals surface area contributed by atoms with Gasteiger partial charge in [-0.2, -0.15) is 5.26 Å². The van der Waals surface area contributed by atoms with Crippen molar-refractivity contribution < 1.29 is 24.2 Å². The second-order valence-corrected chi connectivity index (χ2v) is 13.8. The van der Waals surface area contributed by atoms with Crippen LogP contribution in [-0.2, 0) is 9.47 Å². The van der Waals surface area contributed by atoms with Gasteiger partial charge in [0, 0.05) is 57.3 Å². The lowest BCUT2D eigenvalue weighted by atomic mass is 9.84. The summed E-state index contributed by atoms with van der Waals surface area (Å²) in [5.74, 6) is 1.07. The zero-order valence-electron chi connectivity index (χ0n) is 27.5. The SMILES string of the molecule is CN(CCOC(c1cccc(Cl)c1)[C@@H]1CCCN(C(=NC#N)N[C@@H](CC2CCCCC2)CN(C)C(=O)OC(C)(C)C)C1)C(=O)O. The smallest absolute Gasteiger partial charge is 0.410 e. The maximum absolute atomic E-state index is 12.9. The van der Waals surface area contributed by atoms with Crippen molar-refractivity contribution in [3.63, 3.8) is 0 Å². The molecule has 2 amide bonds. The summed E-state index contributed by atoms with van der Waals surface area (Å²) < 4.78 is 12.0. The Labute approximate surface area is 273 Å². The summed E-state index contributed by atoms with van der Waals surface area (Å²) in [5.41, 5.74) is 0.326. The number of ether oxygens (including phenoxy) is 2. The molecule has 0 spiro atoms. The van der Waals surface area contributed by atoms with Gasteiger partial charge in [0.25, 0.3) is 0 Å². The largest absolute Gasteiger partial charge is 0.465 e. The molecule has 250 valence electrons. The van der Waals surface area contributed by atoms with Crippen molar-refractivity contribution in [1.82, 2.24) is 20.0 Å². The molecule has 1 aromatic rings. The van der Waals surface area contributed by atoms with E-state index in [1.807, 2.05) is 51.2 Å². The van der Waals surface area contributed by atoms with E-state index in [4.69, 9.17) is 21.1 Å². The zero-order chi connectivity index (χ0) is 33.0. The van der Waals surface area contributed by atoms with E-state index in [1.165, 1.54) is 31.2 Å². The Bertz CT molecular complexity index is 1180. The number of carbonyl (C=O) groups is 2. The lowest BCUT2D eigenvalue weighted by Crippen LogP contribution is -2.53. The number of aliphatic imine (C=N–C) groups is 1. The van der Waals surface area contributed by atoms with Gasteiger partial charge >= 0.3 is 12.2 Å². The molecule has 12 heteroatoms. The van der Waals surface area contributed by atoms with Crippen LogP contribution >= 0.6 is 11.6 Å². The fourth-order valence-electron chi connectivity index (χ4n) is 6.22. The first kappa shape index (κ1) is 36.2. The molecule has 1 heterocycles. The van der Waals surface area contributed by atoms with Crippen LogP contribution in [0.15, 0.2) is 29.3 Å². The lowest BCUT2D eigenvalue weighted by molar-refractivity contribution is -0.0132. The molecule has 0 aromatic heterocycles. The van der Waals surface area contributed by atoms with Crippen LogP contribution in [0, 0.1) is 23.3 Å². The first-order chi connectivity index (χ1) is 21.4. The highest BCUT2D eigenvalue weighted by Crippen LogP contribution is 2.34. The molecule has 3 atom stereocenters. The fraction of sp³-hybridized carbons (Fsp3) is 0.697. The number of carboxylic acid groups (broad SMARTS) is 1. The predicted molar refractivity (Wildman–Crippen MR) is 175 cm³/mol. The first-order valence-electron chi connectivity index (χ1n) is 16.1. The molecule has 2 aliphatic rings. The third kappa shape index (κ3) is 12.2. The van der Waals surface area contributed by atoms with E-state index in [0.29, 0.717) is 36.5 Å². The number of nitriles is 1. The van der Waals surface area contributed by atoms with Crippen molar-refractivity contribution in [3.05, 3.63) is 34.9 Å². The van der Waals surface area contributed by atoms with Gasteiger partial charge in [-0.1, -0.05) is 55.8 Å². The number of benzene rings is 1. The van der Waals surface area contributed by atoms with Crippen molar-refractivity contribution in [1.29, 1.82) is 5.26 Å². The average molecular weight is 647 g/mol. The number of likely N-dealkylation sites (tertiary alicyclic amines) is 1. The maximum Gasteiger partial charge on any atom is 0.410 e. The minimum Gasteiger partial charge on any atom is -0.465 e. The molecule has 2 N–H and O–H groups in total. The maximum atomic E-state index is 12.9. The van der Waals surface area contributed by atoms with Gasteiger partial charge in [-0.25, -0.2) is 9.59 Å². The molecule has 1 saturated heterocycles. The van der Waals surface area contributed by atoms with Crippen molar-refractivity contribution in [2.45, 2.75) is 89.9 Å². The van der Waals surface area contributed by atoms with E-state index < -0.39 is 11.7 Å². The monoisotopic (exact) mass is 646 g/mol. The Hall–Kier alpha value is -3.23. The van der Waals surface area contributed by atoms with Gasteiger partial charge in [0.05, 0.1) is 12.7 Å². The van der Waals surface area contributed by atoms with E-state index in [0.717, 1.165) is 37.7 Å². The van der Waals surface area contributed by atoms with Gasteiger partial charge in [0.1, 0.15) is 5.60 Å². The van der Waals surface area contributed by atoms with Crippen LogP contribution in [-0.4, -0.2) is 96.5 Å². The quantitative estimate of drug-likeness (QED) is 0.162. The zero-order valence-corrected chi connectivity index (χ0v) is 28.3. The molecule has 0 radical (unpaired) electrons. The Morgan fingerprint density at radius 2 is 1.91 bits per heavy atom. The van der Waals surface area contributed by atoms with Gasteiger partial charge < -0.3 is 34.6 Å². The Balaban J connectivity index is 1.79. The number of piperidine rings is 1. The summed E-state index contributed by atoms with van der Waals surface area (Å²) in [6.07, 6.45) is 8.85. The third-order valence-corrected chi connectivity index (χ3v) is 8.68. The van der Waals surface area contributed by atoms with E-state index in [2.05, 4.69) is 15.2 Å². The number of guanidine groups is 1. The number of likely N-dealkylation sites (N-methyl/N-ethyl adjacent to an activating group) is 2. The van der Waals surface area contributed by atoms with Crippen LogP contribution in [0.4, 0.5) is 9.59 Å². The highest BCUT2D eigenvalue weighted by Gasteiger charge is 2.33. The van der Waals surface area contributed by atoms with E-state index in [1.54, 1.807) is 11.9 Å². The molecule has 0 bridgehead atoms. The number of hydrogen-bond acceptors (Lipinski definition) is 6. The summed E-state index contributed by atoms with van der Waals surface area (Å²) in [6, 6.07) is 7.45. The molecule has 3 rings (SSSR count). The normalized spacial score (nSPS) is 19.3. The second-order valence-electron chi connectivity index (χ2n) is 13.4. The standard InChI is InChI=1S/C33H51ClN6O5/c1-33(2,3)45-32(43)39(5)22-28(19-24-11-7-6-8-12-24)37-30(36-23-35)40-16-10-14-26(21-40)29(25-13-9-15-27(34)20-25)44-18-17-38(4)31(41)42/h9,13,15,20,24,26,28-29H,6-8,10-12,14,16-19,21-22H2,1-5H3,(H,36,37)(H,41,42)/t26-,28+,29?/m1/s1. The summed E-state index contributed by atoms with van der Waals surface area (Å²) in [6.45, 7) is 7.74. The lowest BCUT2D eigenvalue weighted by Gasteiger charge is -2.40. The highest BCUT2D eigenvalue weighted by atomic mass is 35.5. The molecular weight excluding hydrogens is 596 g/mol. The molecule has 1 unspecified atom stereocenters. The van der Waals surface area contributed by atoms with Gasteiger partial charge in [-0.15, -0.1) is 4.99 Å². The van der Waals surface area contributed by atoms with Crippen molar-refractivity contribution >= 4 is 29.7 Å². The van der Waals surface area contributed by atoms with Crippen molar-refractivity contribution in [2.24, 2.45) is 16.8 Å². The van der Waals surface area contributed by atoms with Crippen LogP contribution < -0.4 is 5.32 Å². The molecule has 1 saturated carbocycles. The van der Waals surface area contributed by atoms with Crippen molar-refractivity contribution in [3.8, 4) is 6.19 Å². The molecular formula is C33H51ClN6O5. The highest BCUT2D eigenvalue weighted by molar-refractivity contribution is 6.30. The molecule has 2 fully saturated rings. The van der Waals surface area contributed by atoms with E-state index in [9.17, 15) is 20.0 Å². The average Bonchev–Trinajstić information content (AvgIpc) is 2.98. The van der Waals surface area contributed by atoms with Crippen LogP contribution in [0.2, 0.25) is 5.02 Å². The van der Waals surface area contributed by atoms with Crippen molar-refractivity contribution in [2.75, 3.05) is 46.9 Å². The van der Waals surface area contributed by atoms with Gasteiger partial charge in [-0.05, 0) is 63.6 Å². The summed E-state index contributed by atoms with van der Waals surface area (Å²) in [7, 11) is 3.26. The van der Waals surface area contributed by atoms with Gasteiger partial charge in [0.2, 0.25) is 12.2 Å². The molecule has 1 aliphatic carbocycles. The van der Waals surface area contributed by atoms with Crippen LogP contribution in [0.5, 0.6) is 0 Å². The number of rotatable bonds is 11.